The first-order valence-corrected chi connectivity index (χ1v) is 8.14. The lowest BCUT2D eigenvalue weighted by atomic mass is 10.1. The first-order valence-electron chi connectivity index (χ1n) is 6.11. The smallest absolute Gasteiger partial charge is 0.185 e. The molecule has 110 valence electrons. The van der Waals surface area contributed by atoms with Crippen LogP contribution in [0.1, 0.15) is 5.56 Å². The van der Waals surface area contributed by atoms with Crippen LogP contribution in [0.2, 0.25) is 5.02 Å². The first-order chi connectivity index (χ1) is 9.87. The monoisotopic (exact) mass is 326 g/mol. The maximum Gasteiger partial charge on any atom is 0.185 e. The van der Waals surface area contributed by atoms with Crippen molar-refractivity contribution >= 4 is 27.2 Å². The van der Waals surface area contributed by atoms with Crippen molar-refractivity contribution in [3.63, 3.8) is 0 Å². The number of Topliss-reactive ketones (excluding diaryl/α,β-unsaturated/α-hetero) is 1. The van der Waals surface area contributed by atoms with E-state index in [-0.39, 0.29) is 11.3 Å². The molecule has 0 amide bonds. The zero-order chi connectivity index (χ0) is 15.5. The molecule has 0 N–H and O–H groups in total. The van der Waals surface area contributed by atoms with Crippen molar-refractivity contribution in [3.8, 4) is 0 Å². The van der Waals surface area contributed by atoms with Crippen LogP contribution in [0.4, 0.5) is 4.39 Å². The van der Waals surface area contributed by atoms with Crippen LogP contribution in [-0.2, 0) is 21.1 Å². The molecular weight excluding hydrogens is 315 g/mol. The fraction of sp³-hybridized carbons (Fsp3) is 0.133. The third-order valence-electron chi connectivity index (χ3n) is 2.82. The van der Waals surface area contributed by atoms with Gasteiger partial charge in [-0.25, -0.2) is 12.8 Å². The number of ketones is 1. The molecule has 3 nitrogen and oxygen atoms in total. The molecule has 0 fully saturated rings. The van der Waals surface area contributed by atoms with Gasteiger partial charge in [-0.1, -0.05) is 29.8 Å². The Balaban J connectivity index is 2.09. The van der Waals surface area contributed by atoms with Gasteiger partial charge in [-0.2, -0.15) is 0 Å². The number of hydrogen-bond donors (Lipinski definition) is 0. The van der Waals surface area contributed by atoms with Gasteiger partial charge in [-0.15, -0.1) is 0 Å². The third kappa shape index (κ3) is 4.37. The summed E-state index contributed by atoms with van der Waals surface area (Å²) in [7, 11) is -3.72. The maximum absolute atomic E-state index is 12.8. The van der Waals surface area contributed by atoms with Crippen LogP contribution in [0.5, 0.6) is 0 Å². The lowest BCUT2D eigenvalue weighted by molar-refractivity contribution is -0.116. The van der Waals surface area contributed by atoms with Crippen LogP contribution < -0.4 is 0 Å². The van der Waals surface area contributed by atoms with Crippen molar-refractivity contribution in [2.45, 2.75) is 11.3 Å². The van der Waals surface area contributed by atoms with E-state index in [1.807, 2.05) is 0 Å². The fourth-order valence-electron chi connectivity index (χ4n) is 1.84. The van der Waals surface area contributed by atoms with E-state index in [0.717, 1.165) is 0 Å². The molecule has 0 bridgehead atoms. The van der Waals surface area contributed by atoms with Crippen molar-refractivity contribution in [1.29, 1.82) is 0 Å². The molecule has 0 aliphatic heterocycles. The Bertz CT molecular complexity index is 755. The van der Waals surface area contributed by atoms with Crippen LogP contribution in [0, 0.1) is 5.82 Å². The minimum absolute atomic E-state index is 0.0162. The average molecular weight is 327 g/mol. The van der Waals surface area contributed by atoms with Gasteiger partial charge in [0.15, 0.2) is 15.6 Å². The quantitative estimate of drug-likeness (QED) is 0.848. The zero-order valence-corrected chi connectivity index (χ0v) is 12.5. The molecule has 0 atom stereocenters. The van der Waals surface area contributed by atoms with Gasteiger partial charge < -0.3 is 0 Å². The molecule has 0 saturated carbocycles. The minimum atomic E-state index is -3.72. The highest BCUT2D eigenvalue weighted by molar-refractivity contribution is 7.92. The average Bonchev–Trinajstić information content (AvgIpc) is 2.41. The molecule has 2 aromatic rings. The molecule has 0 aliphatic carbocycles. The van der Waals surface area contributed by atoms with Crippen molar-refractivity contribution < 1.29 is 17.6 Å². The number of carbonyl (C=O) groups excluding carboxylic acids is 1. The Morgan fingerprint density at radius 1 is 1.10 bits per heavy atom. The molecule has 21 heavy (non-hydrogen) atoms. The van der Waals surface area contributed by atoms with Crippen LogP contribution in [0.15, 0.2) is 53.4 Å². The predicted molar refractivity (Wildman–Crippen MR) is 78.6 cm³/mol. The number of rotatable bonds is 5. The summed E-state index contributed by atoms with van der Waals surface area (Å²) >= 11 is 5.75. The summed E-state index contributed by atoms with van der Waals surface area (Å²) in [6.45, 7) is 0. The number of sulfone groups is 1. The van der Waals surface area contributed by atoms with E-state index < -0.39 is 27.2 Å². The molecule has 0 spiro atoms. The highest BCUT2D eigenvalue weighted by Crippen LogP contribution is 2.17. The van der Waals surface area contributed by atoms with E-state index in [1.165, 1.54) is 42.5 Å². The summed E-state index contributed by atoms with van der Waals surface area (Å²) in [5.41, 5.74) is 0.572. The van der Waals surface area contributed by atoms with Crippen LogP contribution in [-0.4, -0.2) is 20.0 Å². The van der Waals surface area contributed by atoms with Gasteiger partial charge in [0.2, 0.25) is 0 Å². The standard InChI is InChI=1S/C15H12ClFO3S/c16-12-2-1-3-15(9-12)21(19,20)10-14(18)8-11-4-6-13(17)7-5-11/h1-7,9H,8,10H2. The van der Waals surface area contributed by atoms with Crippen molar-refractivity contribution in [1.82, 2.24) is 0 Å². The largest absolute Gasteiger partial charge is 0.298 e. The molecule has 6 heteroatoms. The molecule has 0 saturated heterocycles. The van der Waals surface area contributed by atoms with Gasteiger partial charge in [0.25, 0.3) is 0 Å². The van der Waals surface area contributed by atoms with Crippen LogP contribution in [0.25, 0.3) is 0 Å². The summed E-state index contributed by atoms with van der Waals surface area (Å²) in [6.07, 6.45) is -0.0555. The Hall–Kier alpha value is -1.72. The minimum Gasteiger partial charge on any atom is -0.298 e. The normalized spacial score (nSPS) is 11.3. The van der Waals surface area contributed by atoms with E-state index >= 15 is 0 Å². The van der Waals surface area contributed by atoms with E-state index in [1.54, 1.807) is 6.07 Å². The number of halogens is 2. The van der Waals surface area contributed by atoms with E-state index in [2.05, 4.69) is 0 Å². The SMILES string of the molecule is O=C(Cc1ccc(F)cc1)CS(=O)(=O)c1cccc(Cl)c1. The number of carbonyl (C=O) groups is 1. The van der Waals surface area contributed by atoms with E-state index in [0.29, 0.717) is 10.6 Å². The zero-order valence-electron chi connectivity index (χ0n) is 10.9. The van der Waals surface area contributed by atoms with Gasteiger partial charge in [0, 0.05) is 11.4 Å². The molecule has 0 unspecified atom stereocenters. The van der Waals surface area contributed by atoms with Gasteiger partial charge in [0.1, 0.15) is 11.6 Å². The Kier molecular flexibility index (Phi) is 4.75. The Morgan fingerprint density at radius 2 is 1.76 bits per heavy atom. The van der Waals surface area contributed by atoms with Gasteiger partial charge in [-0.05, 0) is 35.9 Å². The second-order valence-electron chi connectivity index (χ2n) is 4.56. The summed E-state index contributed by atoms with van der Waals surface area (Å²) in [5, 5.41) is 0.294. The second kappa shape index (κ2) is 6.37. The van der Waals surface area contributed by atoms with Crippen LogP contribution in [0.3, 0.4) is 0 Å². The van der Waals surface area contributed by atoms with Gasteiger partial charge in [0.05, 0.1) is 4.90 Å². The van der Waals surface area contributed by atoms with E-state index in [9.17, 15) is 17.6 Å². The fourth-order valence-corrected chi connectivity index (χ4v) is 3.38. The maximum atomic E-state index is 12.8. The van der Waals surface area contributed by atoms with Crippen LogP contribution >= 0.6 is 11.6 Å². The summed E-state index contributed by atoms with van der Waals surface area (Å²) < 4.78 is 37.0. The van der Waals surface area contributed by atoms with Gasteiger partial charge >= 0.3 is 0 Å². The first kappa shape index (κ1) is 15.7. The van der Waals surface area contributed by atoms with Crippen molar-refractivity contribution in [2.24, 2.45) is 0 Å². The predicted octanol–water partition coefficient (Wildman–Crippen LogP) is 3.06. The molecule has 0 aliphatic rings. The third-order valence-corrected chi connectivity index (χ3v) is 4.73. The molecule has 0 heterocycles. The topological polar surface area (TPSA) is 51.2 Å². The lowest BCUT2D eigenvalue weighted by Gasteiger charge is -2.05. The number of hydrogen-bond acceptors (Lipinski definition) is 3. The lowest BCUT2D eigenvalue weighted by Crippen LogP contribution is -2.18. The van der Waals surface area contributed by atoms with E-state index in [4.69, 9.17) is 11.6 Å². The summed E-state index contributed by atoms with van der Waals surface area (Å²) in [4.78, 5) is 11.9. The molecular formula is C15H12ClFO3S. The Morgan fingerprint density at radius 3 is 2.38 bits per heavy atom. The molecule has 2 rings (SSSR count). The van der Waals surface area contributed by atoms with Crippen molar-refractivity contribution in [2.75, 3.05) is 5.75 Å². The Labute approximate surface area is 127 Å². The molecule has 0 radical (unpaired) electrons. The summed E-state index contributed by atoms with van der Waals surface area (Å²) in [5.74, 6) is -1.47. The van der Waals surface area contributed by atoms with Crippen molar-refractivity contribution in [3.05, 3.63) is 64.9 Å². The highest BCUT2D eigenvalue weighted by atomic mass is 35.5. The highest BCUT2D eigenvalue weighted by Gasteiger charge is 2.19. The molecule has 0 aromatic heterocycles. The second-order valence-corrected chi connectivity index (χ2v) is 6.98. The molecule has 2 aromatic carbocycles. The summed E-state index contributed by atoms with van der Waals surface area (Å²) in [6, 6.07) is 11.1. The van der Waals surface area contributed by atoms with Gasteiger partial charge in [-0.3, -0.25) is 4.79 Å². The number of benzene rings is 2.